The number of carbonyl (C=O) groups is 2. The van der Waals surface area contributed by atoms with Crippen molar-refractivity contribution >= 4 is 23.6 Å². The third-order valence-electron chi connectivity index (χ3n) is 3.36. The highest BCUT2D eigenvalue weighted by atomic mass is 16.4. The van der Waals surface area contributed by atoms with Gasteiger partial charge >= 0.3 is 5.97 Å². The molecule has 1 amide bonds. The van der Waals surface area contributed by atoms with Crippen LogP contribution < -0.4 is 5.32 Å². The number of hydrogen-bond acceptors (Lipinski definition) is 2. The number of amides is 1. The summed E-state index contributed by atoms with van der Waals surface area (Å²) >= 11 is 0. The van der Waals surface area contributed by atoms with Crippen LogP contribution in [0, 0.1) is 18.8 Å². The molecular weight excluding hydrogens is 254 g/mol. The zero-order valence-electron chi connectivity index (χ0n) is 12.3. The molecule has 1 atom stereocenters. The number of aliphatic carboxylic acids is 1. The van der Waals surface area contributed by atoms with E-state index in [2.05, 4.69) is 5.32 Å². The van der Waals surface area contributed by atoms with Gasteiger partial charge in [-0.3, -0.25) is 4.79 Å². The first-order valence-corrected chi connectivity index (χ1v) is 6.63. The van der Waals surface area contributed by atoms with Crippen molar-refractivity contribution in [2.75, 3.05) is 5.32 Å². The number of carbonyl (C=O) groups excluding carboxylic acids is 1. The van der Waals surface area contributed by atoms with Crippen LogP contribution in [0.25, 0.3) is 6.08 Å². The number of benzene rings is 1. The Kier molecular flexibility index (Phi) is 5.50. The molecule has 1 aromatic carbocycles. The first-order valence-electron chi connectivity index (χ1n) is 6.63. The van der Waals surface area contributed by atoms with E-state index in [1.165, 1.54) is 0 Å². The van der Waals surface area contributed by atoms with Crippen molar-refractivity contribution in [3.63, 3.8) is 0 Å². The molecule has 1 unspecified atom stereocenters. The number of anilines is 1. The molecule has 2 N–H and O–H groups in total. The number of carboxylic acids is 1. The lowest BCUT2D eigenvalue weighted by atomic mass is 9.97. The van der Waals surface area contributed by atoms with Crippen LogP contribution in [0.4, 0.5) is 5.69 Å². The molecule has 0 aliphatic rings. The molecule has 108 valence electrons. The maximum atomic E-state index is 12.0. The quantitative estimate of drug-likeness (QED) is 0.810. The highest BCUT2D eigenvalue weighted by molar-refractivity contribution is 5.93. The molecule has 0 fully saturated rings. The second-order valence-corrected chi connectivity index (χ2v) is 5.26. The van der Waals surface area contributed by atoms with E-state index in [0.717, 1.165) is 22.9 Å². The van der Waals surface area contributed by atoms with E-state index in [-0.39, 0.29) is 17.7 Å². The van der Waals surface area contributed by atoms with Gasteiger partial charge in [-0.2, -0.15) is 0 Å². The van der Waals surface area contributed by atoms with Gasteiger partial charge in [-0.25, -0.2) is 4.79 Å². The lowest BCUT2D eigenvalue weighted by Gasteiger charge is -2.15. The topological polar surface area (TPSA) is 66.4 Å². The van der Waals surface area contributed by atoms with Crippen LogP contribution >= 0.6 is 0 Å². The molecule has 0 radical (unpaired) electrons. The largest absolute Gasteiger partial charge is 0.478 e. The second-order valence-electron chi connectivity index (χ2n) is 5.26. The average Bonchev–Trinajstić information content (AvgIpc) is 2.36. The molecule has 0 spiro atoms. The smallest absolute Gasteiger partial charge is 0.328 e. The third-order valence-corrected chi connectivity index (χ3v) is 3.36. The molecule has 20 heavy (non-hydrogen) atoms. The molecule has 4 nitrogen and oxygen atoms in total. The maximum Gasteiger partial charge on any atom is 0.328 e. The minimum absolute atomic E-state index is 0.00627. The fourth-order valence-corrected chi connectivity index (χ4v) is 1.66. The van der Waals surface area contributed by atoms with E-state index in [1.54, 1.807) is 18.2 Å². The van der Waals surface area contributed by atoms with Gasteiger partial charge in [0.15, 0.2) is 0 Å². The Morgan fingerprint density at radius 2 is 1.90 bits per heavy atom. The van der Waals surface area contributed by atoms with E-state index in [0.29, 0.717) is 0 Å². The summed E-state index contributed by atoms with van der Waals surface area (Å²) in [7, 11) is 0. The Morgan fingerprint density at radius 3 is 2.40 bits per heavy atom. The van der Waals surface area contributed by atoms with Crippen LogP contribution in [-0.4, -0.2) is 17.0 Å². The van der Waals surface area contributed by atoms with Crippen LogP contribution in [0.1, 0.15) is 31.9 Å². The number of nitrogens with one attached hydrogen (secondary N) is 1. The van der Waals surface area contributed by atoms with Gasteiger partial charge < -0.3 is 10.4 Å². The van der Waals surface area contributed by atoms with Gasteiger partial charge in [-0.1, -0.05) is 26.8 Å². The van der Waals surface area contributed by atoms with Crippen molar-refractivity contribution in [3.8, 4) is 0 Å². The third kappa shape index (κ3) is 4.53. The Hall–Kier alpha value is -2.10. The Bertz CT molecular complexity index is 533. The van der Waals surface area contributed by atoms with Crippen molar-refractivity contribution in [2.45, 2.75) is 27.7 Å². The van der Waals surface area contributed by atoms with E-state index < -0.39 is 5.97 Å². The van der Waals surface area contributed by atoms with Crippen LogP contribution in [-0.2, 0) is 9.59 Å². The molecule has 0 aliphatic carbocycles. The van der Waals surface area contributed by atoms with Gasteiger partial charge in [-0.05, 0) is 42.2 Å². The van der Waals surface area contributed by atoms with E-state index in [1.807, 2.05) is 33.8 Å². The van der Waals surface area contributed by atoms with Crippen molar-refractivity contribution < 1.29 is 14.7 Å². The lowest BCUT2D eigenvalue weighted by Crippen LogP contribution is -2.24. The van der Waals surface area contributed by atoms with Crippen molar-refractivity contribution in [2.24, 2.45) is 11.8 Å². The molecule has 1 aromatic rings. The molecule has 0 saturated carbocycles. The summed E-state index contributed by atoms with van der Waals surface area (Å²) in [6.45, 7) is 7.80. The summed E-state index contributed by atoms with van der Waals surface area (Å²) in [4.78, 5) is 22.5. The second kappa shape index (κ2) is 6.89. The van der Waals surface area contributed by atoms with Gasteiger partial charge in [0, 0.05) is 17.7 Å². The van der Waals surface area contributed by atoms with Gasteiger partial charge in [0.25, 0.3) is 0 Å². The first-order chi connectivity index (χ1) is 9.31. The van der Waals surface area contributed by atoms with E-state index in [4.69, 9.17) is 5.11 Å². The molecule has 1 rings (SSSR count). The van der Waals surface area contributed by atoms with Crippen LogP contribution in [0.2, 0.25) is 0 Å². The van der Waals surface area contributed by atoms with Crippen LogP contribution in [0.15, 0.2) is 24.3 Å². The normalized spacial score (nSPS) is 12.7. The monoisotopic (exact) mass is 275 g/mol. The fraction of sp³-hybridized carbons (Fsp3) is 0.375. The Morgan fingerprint density at radius 1 is 1.25 bits per heavy atom. The number of rotatable bonds is 5. The molecule has 0 aliphatic heterocycles. The minimum Gasteiger partial charge on any atom is -0.478 e. The van der Waals surface area contributed by atoms with Crippen molar-refractivity contribution in [1.29, 1.82) is 0 Å². The molecule has 0 bridgehead atoms. The molecule has 0 heterocycles. The molecule has 0 saturated heterocycles. The SMILES string of the molecule is Cc1cc(NC(=O)C(C)C(C)C)ccc1C=CC(=O)O. The Labute approximate surface area is 119 Å². The minimum atomic E-state index is -0.979. The highest BCUT2D eigenvalue weighted by Gasteiger charge is 2.16. The summed E-state index contributed by atoms with van der Waals surface area (Å²) in [5, 5.41) is 11.5. The number of hydrogen-bond donors (Lipinski definition) is 2. The lowest BCUT2D eigenvalue weighted by molar-refractivity contribution is -0.131. The first kappa shape index (κ1) is 16.0. The zero-order valence-corrected chi connectivity index (χ0v) is 12.3. The van der Waals surface area contributed by atoms with E-state index in [9.17, 15) is 9.59 Å². The predicted molar refractivity (Wildman–Crippen MR) is 80.5 cm³/mol. The van der Waals surface area contributed by atoms with E-state index >= 15 is 0 Å². The van der Waals surface area contributed by atoms with Gasteiger partial charge in [0.1, 0.15) is 0 Å². The van der Waals surface area contributed by atoms with Crippen molar-refractivity contribution in [1.82, 2.24) is 0 Å². The zero-order chi connectivity index (χ0) is 15.3. The summed E-state index contributed by atoms with van der Waals surface area (Å²) in [6, 6.07) is 5.41. The van der Waals surface area contributed by atoms with Gasteiger partial charge in [0.2, 0.25) is 5.91 Å². The van der Waals surface area contributed by atoms with Crippen LogP contribution in [0.5, 0.6) is 0 Å². The fourth-order valence-electron chi connectivity index (χ4n) is 1.66. The number of carboxylic acid groups (broad SMARTS) is 1. The average molecular weight is 275 g/mol. The Balaban J connectivity index is 2.82. The molecule has 4 heteroatoms. The summed E-state index contributed by atoms with van der Waals surface area (Å²) < 4.78 is 0. The van der Waals surface area contributed by atoms with Crippen LogP contribution in [0.3, 0.4) is 0 Å². The van der Waals surface area contributed by atoms with Crippen molar-refractivity contribution in [3.05, 3.63) is 35.4 Å². The summed E-state index contributed by atoms with van der Waals surface area (Å²) in [6.07, 6.45) is 2.64. The molecule has 0 aromatic heterocycles. The molecular formula is C16H21NO3. The maximum absolute atomic E-state index is 12.0. The highest BCUT2D eigenvalue weighted by Crippen LogP contribution is 2.18. The van der Waals surface area contributed by atoms with Gasteiger partial charge in [0.05, 0.1) is 0 Å². The summed E-state index contributed by atoms with van der Waals surface area (Å²) in [5.41, 5.74) is 2.47. The summed E-state index contributed by atoms with van der Waals surface area (Å²) in [5.74, 6) is -0.753. The standard InChI is InChI=1S/C16H21NO3/c1-10(2)12(4)16(20)17-14-7-5-13(11(3)9-14)6-8-15(18)19/h5-10,12H,1-4H3,(H,17,20)(H,18,19). The predicted octanol–water partition coefficient (Wildman–Crippen LogP) is 3.32. The van der Waals surface area contributed by atoms with Gasteiger partial charge in [-0.15, -0.1) is 0 Å². The number of aryl methyl sites for hydroxylation is 1.